The van der Waals surface area contributed by atoms with Crippen molar-refractivity contribution in [3.8, 4) is 0 Å². The van der Waals surface area contributed by atoms with Crippen LogP contribution in [0.1, 0.15) is 18.4 Å². The van der Waals surface area contributed by atoms with Crippen molar-refractivity contribution in [2.45, 2.75) is 25.3 Å². The molecule has 3 rings (SSSR count). The zero-order valence-electron chi connectivity index (χ0n) is 16.0. The topological polar surface area (TPSA) is 109 Å². The fourth-order valence-electron chi connectivity index (χ4n) is 3.60. The molecule has 9 heteroatoms. The number of rotatable bonds is 6. The van der Waals surface area contributed by atoms with E-state index in [1.165, 1.54) is 11.4 Å². The lowest BCUT2D eigenvalue weighted by molar-refractivity contribution is -0.145. The highest BCUT2D eigenvalue weighted by molar-refractivity contribution is 7.88. The molecule has 1 aliphatic rings. The van der Waals surface area contributed by atoms with Gasteiger partial charge in [-0.3, -0.25) is 4.79 Å². The summed E-state index contributed by atoms with van der Waals surface area (Å²) < 4.78 is 29.7. The lowest BCUT2D eigenvalue weighted by Crippen LogP contribution is -2.50. The fraction of sp³-hybridized carbons (Fsp3) is 0.474. The number of hydrogen-bond acceptors (Lipinski definition) is 5. The van der Waals surface area contributed by atoms with Gasteiger partial charge in [0.1, 0.15) is 6.04 Å². The zero-order chi connectivity index (χ0) is 20.3. The maximum absolute atomic E-state index is 12.7. The van der Waals surface area contributed by atoms with Crippen molar-refractivity contribution in [1.29, 1.82) is 0 Å². The van der Waals surface area contributed by atoms with Gasteiger partial charge < -0.3 is 15.0 Å². The minimum atomic E-state index is -3.35. The van der Waals surface area contributed by atoms with Crippen molar-refractivity contribution in [3.05, 3.63) is 36.0 Å². The van der Waals surface area contributed by atoms with E-state index in [1.807, 2.05) is 30.5 Å². The predicted molar refractivity (Wildman–Crippen MR) is 105 cm³/mol. The molecule has 0 saturated carbocycles. The lowest BCUT2D eigenvalue weighted by Gasteiger charge is -2.31. The molecule has 2 N–H and O–H groups in total. The van der Waals surface area contributed by atoms with Gasteiger partial charge in [-0.15, -0.1) is 0 Å². The molecular weight excluding hydrogens is 382 g/mol. The highest BCUT2D eigenvalue weighted by Gasteiger charge is 2.32. The maximum Gasteiger partial charge on any atom is 0.328 e. The van der Waals surface area contributed by atoms with Crippen LogP contribution in [0, 0.1) is 5.92 Å². The van der Waals surface area contributed by atoms with E-state index in [1.54, 1.807) is 0 Å². The molecule has 1 amide bonds. The summed E-state index contributed by atoms with van der Waals surface area (Å²) >= 11 is 0. The first-order chi connectivity index (χ1) is 13.3. The minimum absolute atomic E-state index is 0.131. The molecule has 0 spiro atoms. The summed E-state index contributed by atoms with van der Waals surface area (Å²) in [4.78, 5) is 28.2. The summed E-state index contributed by atoms with van der Waals surface area (Å²) in [6.45, 7) is 0.546. The second kappa shape index (κ2) is 8.32. The third-order valence-corrected chi connectivity index (χ3v) is 6.39. The molecule has 0 bridgehead atoms. The molecule has 8 nitrogen and oxygen atoms in total. The quantitative estimate of drug-likeness (QED) is 0.696. The van der Waals surface area contributed by atoms with Crippen LogP contribution in [0.4, 0.5) is 0 Å². The number of nitrogens with zero attached hydrogens (tertiary/aromatic N) is 1. The molecule has 2 heterocycles. The molecular formula is C19H25N3O5S. The van der Waals surface area contributed by atoms with Gasteiger partial charge in [-0.1, -0.05) is 18.2 Å². The SMILES string of the molecule is COC(=O)[C@@H](Cc1c[nH]c2ccccc12)NC(=O)C1CCCN(S(C)(=O)=O)C1. The third kappa shape index (κ3) is 4.53. The van der Waals surface area contributed by atoms with Crippen molar-refractivity contribution in [1.82, 2.24) is 14.6 Å². The first kappa shape index (κ1) is 20.3. The number of piperidine rings is 1. The van der Waals surface area contributed by atoms with E-state index in [-0.39, 0.29) is 18.9 Å². The van der Waals surface area contributed by atoms with E-state index < -0.39 is 28.0 Å². The molecule has 1 saturated heterocycles. The molecule has 0 aliphatic carbocycles. The maximum atomic E-state index is 12.7. The summed E-state index contributed by atoms with van der Waals surface area (Å²) in [7, 11) is -2.07. The average Bonchev–Trinajstić information content (AvgIpc) is 3.09. The van der Waals surface area contributed by atoms with E-state index in [9.17, 15) is 18.0 Å². The van der Waals surface area contributed by atoms with Crippen LogP contribution in [-0.2, 0) is 30.8 Å². The predicted octanol–water partition coefficient (Wildman–Crippen LogP) is 1.04. The average molecular weight is 407 g/mol. The Bertz CT molecular complexity index is 969. The van der Waals surface area contributed by atoms with Gasteiger partial charge in [0.25, 0.3) is 0 Å². The first-order valence-electron chi connectivity index (χ1n) is 9.18. The monoisotopic (exact) mass is 407 g/mol. The minimum Gasteiger partial charge on any atom is -0.467 e. The van der Waals surface area contributed by atoms with Gasteiger partial charge in [-0.25, -0.2) is 17.5 Å². The Balaban J connectivity index is 1.73. The molecule has 28 heavy (non-hydrogen) atoms. The van der Waals surface area contributed by atoms with E-state index in [0.717, 1.165) is 22.7 Å². The molecule has 1 unspecified atom stereocenters. The number of esters is 1. The Morgan fingerprint density at radius 1 is 1.36 bits per heavy atom. The number of hydrogen-bond donors (Lipinski definition) is 2. The second-order valence-corrected chi connectivity index (χ2v) is 9.09. The Morgan fingerprint density at radius 2 is 2.11 bits per heavy atom. The number of aromatic nitrogens is 1. The second-order valence-electron chi connectivity index (χ2n) is 7.11. The molecule has 1 aromatic heterocycles. The van der Waals surface area contributed by atoms with E-state index in [2.05, 4.69) is 10.3 Å². The van der Waals surface area contributed by atoms with Gasteiger partial charge in [0.05, 0.1) is 19.3 Å². The van der Waals surface area contributed by atoms with Gasteiger partial charge in [-0.05, 0) is 24.5 Å². The smallest absolute Gasteiger partial charge is 0.328 e. The molecule has 1 aromatic carbocycles. The van der Waals surface area contributed by atoms with Crippen LogP contribution in [0.5, 0.6) is 0 Å². The van der Waals surface area contributed by atoms with Crippen LogP contribution in [0.25, 0.3) is 10.9 Å². The molecule has 2 atom stereocenters. The molecule has 152 valence electrons. The number of benzene rings is 1. The van der Waals surface area contributed by atoms with E-state index >= 15 is 0 Å². The van der Waals surface area contributed by atoms with Gasteiger partial charge in [0.15, 0.2) is 0 Å². The normalized spacial score (nSPS) is 19.3. The van der Waals surface area contributed by atoms with Crippen LogP contribution in [0.15, 0.2) is 30.5 Å². The van der Waals surface area contributed by atoms with E-state index in [4.69, 9.17) is 4.74 Å². The zero-order valence-corrected chi connectivity index (χ0v) is 16.8. The van der Waals surface area contributed by atoms with Crippen LogP contribution in [0.3, 0.4) is 0 Å². The van der Waals surface area contributed by atoms with Gasteiger partial charge in [-0.2, -0.15) is 0 Å². The number of nitrogens with one attached hydrogen (secondary N) is 2. The van der Waals surface area contributed by atoms with Crippen molar-refractivity contribution in [2.75, 3.05) is 26.5 Å². The molecule has 1 fully saturated rings. The molecule has 1 aliphatic heterocycles. The van der Waals surface area contributed by atoms with Crippen molar-refractivity contribution < 1.29 is 22.7 Å². The number of carbonyl (C=O) groups excluding carboxylic acids is 2. The number of aromatic amines is 1. The van der Waals surface area contributed by atoms with Crippen molar-refractivity contribution in [2.24, 2.45) is 5.92 Å². The van der Waals surface area contributed by atoms with Gasteiger partial charge in [0.2, 0.25) is 15.9 Å². The summed E-state index contributed by atoms with van der Waals surface area (Å²) in [5, 5.41) is 3.74. The van der Waals surface area contributed by atoms with Crippen LogP contribution in [-0.4, -0.2) is 62.1 Å². The van der Waals surface area contributed by atoms with Crippen LogP contribution in [0.2, 0.25) is 0 Å². The highest BCUT2D eigenvalue weighted by atomic mass is 32.2. The summed E-state index contributed by atoms with van der Waals surface area (Å²) in [6.07, 6.45) is 4.43. The Labute approximate surface area is 164 Å². The van der Waals surface area contributed by atoms with E-state index in [0.29, 0.717) is 19.4 Å². The number of methoxy groups -OCH3 is 1. The summed E-state index contributed by atoms with van der Waals surface area (Å²) in [6, 6.07) is 6.87. The summed E-state index contributed by atoms with van der Waals surface area (Å²) in [5.41, 5.74) is 1.84. The fourth-order valence-corrected chi connectivity index (χ4v) is 4.51. The molecule has 2 aromatic rings. The summed E-state index contributed by atoms with van der Waals surface area (Å²) in [5.74, 6) is -1.35. The Kier molecular flexibility index (Phi) is 6.04. The van der Waals surface area contributed by atoms with Crippen LogP contribution >= 0.6 is 0 Å². The number of amides is 1. The largest absolute Gasteiger partial charge is 0.467 e. The highest BCUT2D eigenvalue weighted by Crippen LogP contribution is 2.21. The standard InChI is InChI=1S/C19H25N3O5S/c1-27-19(24)17(10-14-11-20-16-8-4-3-7-15(14)16)21-18(23)13-6-5-9-22(12-13)28(2,25)26/h3-4,7-8,11,13,17,20H,5-6,9-10,12H2,1-2H3,(H,21,23)/t13?,17-/m1/s1. The van der Waals surface area contributed by atoms with Gasteiger partial charge in [0, 0.05) is 36.6 Å². The van der Waals surface area contributed by atoms with Gasteiger partial charge >= 0.3 is 5.97 Å². The third-order valence-electron chi connectivity index (χ3n) is 5.13. The molecule has 0 radical (unpaired) electrons. The lowest BCUT2D eigenvalue weighted by atomic mass is 9.97. The van der Waals surface area contributed by atoms with Crippen LogP contribution < -0.4 is 5.32 Å². The first-order valence-corrected chi connectivity index (χ1v) is 11.0. The van der Waals surface area contributed by atoms with Crippen molar-refractivity contribution in [3.63, 3.8) is 0 Å². The number of carbonyl (C=O) groups is 2. The Morgan fingerprint density at radius 3 is 2.82 bits per heavy atom. The number of para-hydroxylation sites is 1. The number of ether oxygens (including phenoxy) is 1. The van der Waals surface area contributed by atoms with Crippen molar-refractivity contribution >= 4 is 32.8 Å². The number of H-pyrrole nitrogens is 1. The number of sulfonamides is 1. The number of fused-ring (bicyclic) bond motifs is 1. The Hall–Kier alpha value is -2.39.